The van der Waals surface area contributed by atoms with Crippen LogP contribution in [0.5, 0.6) is 0 Å². The Kier molecular flexibility index (Phi) is 5.74. The number of piperazine rings is 1. The molecule has 24 heavy (non-hydrogen) atoms. The highest BCUT2D eigenvalue weighted by molar-refractivity contribution is 5.50. The van der Waals surface area contributed by atoms with E-state index in [0.29, 0.717) is 6.04 Å². The molecule has 1 unspecified atom stereocenters. The van der Waals surface area contributed by atoms with E-state index < -0.39 is 0 Å². The lowest BCUT2D eigenvalue weighted by molar-refractivity contribution is -0.120. The number of carbonyl (C=O) groups is 1. The van der Waals surface area contributed by atoms with E-state index in [2.05, 4.69) is 29.0 Å². The molecule has 0 radical (unpaired) electrons. The van der Waals surface area contributed by atoms with E-state index in [1.165, 1.54) is 11.1 Å². The lowest BCUT2D eigenvalue weighted by Crippen LogP contribution is -2.45. The zero-order valence-electron chi connectivity index (χ0n) is 14.8. The van der Waals surface area contributed by atoms with Gasteiger partial charge in [0.1, 0.15) is 0 Å². The molecule has 1 aliphatic heterocycles. The molecule has 1 saturated heterocycles. The van der Waals surface area contributed by atoms with Crippen molar-refractivity contribution >= 4 is 12.1 Å². The van der Waals surface area contributed by atoms with Crippen molar-refractivity contribution in [2.75, 3.05) is 52.0 Å². The van der Waals surface area contributed by atoms with Gasteiger partial charge in [0, 0.05) is 44.5 Å². The Morgan fingerprint density at radius 2 is 2.04 bits per heavy atom. The van der Waals surface area contributed by atoms with Gasteiger partial charge in [-0.2, -0.15) is 0 Å². The van der Waals surface area contributed by atoms with Crippen molar-refractivity contribution in [1.82, 2.24) is 14.7 Å². The van der Waals surface area contributed by atoms with Gasteiger partial charge in [-0.05, 0) is 62.5 Å². The summed E-state index contributed by atoms with van der Waals surface area (Å²) in [7, 11) is 2.18. The monoisotopic (exact) mass is 330 g/mol. The summed E-state index contributed by atoms with van der Waals surface area (Å²) in [4.78, 5) is 18.5. The van der Waals surface area contributed by atoms with Gasteiger partial charge in [-0.25, -0.2) is 0 Å². The number of benzene rings is 1. The third-order valence-corrected chi connectivity index (χ3v) is 5.52. The minimum atomic E-state index is 0.323. The van der Waals surface area contributed by atoms with Crippen molar-refractivity contribution < 1.29 is 4.79 Å². The molecule has 0 bridgehead atoms. The van der Waals surface area contributed by atoms with Gasteiger partial charge in [0.15, 0.2) is 0 Å². The number of nitrogen functional groups attached to an aromatic ring is 1. The predicted octanol–water partition coefficient (Wildman–Crippen LogP) is 1.22. The van der Waals surface area contributed by atoms with E-state index in [-0.39, 0.29) is 0 Å². The molecule has 5 nitrogen and oxygen atoms in total. The molecule has 0 saturated carbocycles. The second kappa shape index (κ2) is 7.99. The Hall–Kier alpha value is -1.59. The molecule has 1 atom stereocenters. The van der Waals surface area contributed by atoms with Crippen molar-refractivity contribution in [1.29, 1.82) is 0 Å². The third kappa shape index (κ3) is 4.28. The van der Waals surface area contributed by atoms with Gasteiger partial charge >= 0.3 is 0 Å². The van der Waals surface area contributed by atoms with Gasteiger partial charge in [0.2, 0.25) is 6.41 Å². The molecule has 1 aromatic rings. The molecule has 1 aromatic carbocycles. The molecule has 1 amide bonds. The summed E-state index contributed by atoms with van der Waals surface area (Å²) in [5.41, 5.74) is 9.45. The molecule has 2 aliphatic rings. The Balaban J connectivity index is 1.49. The van der Waals surface area contributed by atoms with E-state index >= 15 is 0 Å². The highest BCUT2D eigenvalue weighted by atomic mass is 16.1. The molecule has 2 N–H and O–H groups in total. The number of rotatable bonds is 6. The Morgan fingerprint density at radius 3 is 2.79 bits per heavy atom. The van der Waals surface area contributed by atoms with Gasteiger partial charge in [-0.15, -0.1) is 0 Å². The van der Waals surface area contributed by atoms with Crippen molar-refractivity contribution in [3.8, 4) is 0 Å². The average Bonchev–Trinajstić information content (AvgIpc) is 2.59. The fraction of sp³-hybridized carbons (Fsp3) is 0.632. The quantitative estimate of drug-likeness (QED) is 0.629. The maximum Gasteiger partial charge on any atom is 0.209 e. The molecule has 0 aromatic heterocycles. The molecule has 1 aliphatic carbocycles. The minimum Gasteiger partial charge on any atom is -0.399 e. The normalized spacial score (nSPS) is 22.1. The van der Waals surface area contributed by atoms with Gasteiger partial charge < -0.3 is 20.4 Å². The van der Waals surface area contributed by atoms with E-state index in [1.54, 1.807) is 0 Å². The smallest absolute Gasteiger partial charge is 0.209 e. The minimum absolute atomic E-state index is 0.323. The summed E-state index contributed by atoms with van der Waals surface area (Å²) in [6.07, 6.45) is 5.15. The highest BCUT2D eigenvalue weighted by Crippen LogP contribution is 2.26. The van der Waals surface area contributed by atoms with Crippen molar-refractivity contribution in [3.63, 3.8) is 0 Å². The number of aryl methyl sites for hydroxylation is 1. The number of likely N-dealkylation sites (N-methyl/N-ethyl adjacent to an activating group) is 1. The number of nitrogens with zero attached hydrogens (tertiary/aromatic N) is 3. The molecule has 5 heteroatoms. The second-order valence-corrected chi connectivity index (χ2v) is 7.27. The van der Waals surface area contributed by atoms with Gasteiger partial charge in [-0.3, -0.25) is 4.79 Å². The van der Waals surface area contributed by atoms with Crippen LogP contribution >= 0.6 is 0 Å². The molecular weight excluding hydrogens is 300 g/mol. The number of hydrogen-bond donors (Lipinski definition) is 1. The number of nitrogens with two attached hydrogens (primary N) is 1. The number of hydrogen-bond acceptors (Lipinski definition) is 4. The van der Waals surface area contributed by atoms with Crippen molar-refractivity contribution in [3.05, 3.63) is 29.3 Å². The topological polar surface area (TPSA) is 52.8 Å². The van der Waals surface area contributed by atoms with Crippen LogP contribution in [0.25, 0.3) is 0 Å². The van der Waals surface area contributed by atoms with Crippen molar-refractivity contribution in [2.45, 2.75) is 31.7 Å². The first-order valence-corrected chi connectivity index (χ1v) is 9.15. The van der Waals surface area contributed by atoms with E-state index in [9.17, 15) is 4.79 Å². The zero-order valence-corrected chi connectivity index (χ0v) is 14.8. The summed E-state index contributed by atoms with van der Waals surface area (Å²) < 4.78 is 0. The lowest BCUT2D eigenvalue weighted by atomic mass is 9.87. The van der Waals surface area contributed by atoms with E-state index in [1.807, 2.05) is 11.0 Å². The number of amides is 1. The number of carbonyl (C=O) groups excluding carboxylic acids is 1. The summed E-state index contributed by atoms with van der Waals surface area (Å²) in [6.45, 7) is 6.55. The molecular formula is C19H30N4O. The van der Waals surface area contributed by atoms with Crippen LogP contribution < -0.4 is 5.73 Å². The first kappa shape index (κ1) is 17.2. The van der Waals surface area contributed by atoms with Crippen LogP contribution in [0.15, 0.2) is 18.2 Å². The van der Waals surface area contributed by atoms with Gasteiger partial charge in [0.05, 0.1) is 0 Å². The van der Waals surface area contributed by atoms with Crippen LogP contribution in [-0.4, -0.2) is 73.5 Å². The van der Waals surface area contributed by atoms with Gasteiger partial charge in [0.25, 0.3) is 0 Å². The summed E-state index contributed by atoms with van der Waals surface area (Å²) >= 11 is 0. The highest BCUT2D eigenvalue weighted by Gasteiger charge is 2.23. The average molecular weight is 330 g/mol. The number of fused-ring (bicyclic) bond motifs is 1. The van der Waals surface area contributed by atoms with Crippen LogP contribution in [-0.2, 0) is 17.6 Å². The molecule has 1 heterocycles. The fourth-order valence-electron chi connectivity index (χ4n) is 3.91. The number of anilines is 1. The Labute approximate surface area is 145 Å². The standard InChI is InChI=1S/C19H30N4O/c1-21-9-11-22(12-10-21)7-2-8-23(15-24)19-6-4-16-3-5-18(20)13-17(16)14-19/h3,5,13,15,19H,2,4,6-12,14,20H2,1H3. The van der Waals surface area contributed by atoms with Gasteiger partial charge in [-0.1, -0.05) is 6.07 Å². The first-order chi connectivity index (χ1) is 11.7. The van der Waals surface area contributed by atoms with Crippen LogP contribution in [0.2, 0.25) is 0 Å². The van der Waals surface area contributed by atoms with E-state index in [0.717, 1.165) is 77.0 Å². The predicted molar refractivity (Wildman–Crippen MR) is 98.0 cm³/mol. The largest absolute Gasteiger partial charge is 0.399 e. The third-order valence-electron chi connectivity index (χ3n) is 5.52. The maximum atomic E-state index is 11.6. The summed E-state index contributed by atoms with van der Waals surface area (Å²) in [5.74, 6) is 0. The van der Waals surface area contributed by atoms with Crippen LogP contribution in [0.4, 0.5) is 5.69 Å². The summed E-state index contributed by atoms with van der Waals surface area (Å²) in [6, 6.07) is 6.52. The van der Waals surface area contributed by atoms with Crippen molar-refractivity contribution in [2.24, 2.45) is 0 Å². The molecule has 132 valence electrons. The Morgan fingerprint density at radius 1 is 1.25 bits per heavy atom. The summed E-state index contributed by atoms with van der Waals surface area (Å²) in [5, 5.41) is 0. The Bertz CT molecular complexity index is 554. The molecule has 0 spiro atoms. The van der Waals surface area contributed by atoms with Crippen LogP contribution in [0.3, 0.4) is 0 Å². The maximum absolute atomic E-state index is 11.6. The fourth-order valence-corrected chi connectivity index (χ4v) is 3.91. The zero-order chi connectivity index (χ0) is 16.9. The van der Waals surface area contributed by atoms with Crippen LogP contribution in [0, 0.1) is 0 Å². The van der Waals surface area contributed by atoms with Crippen LogP contribution in [0.1, 0.15) is 24.0 Å². The second-order valence-electron chi connectivity index (χ2n) is 7.27. The first-order valence-electron chi connectivity index (χ1n) is 9.15. The molecule has 1 fully saturated rings. The van der Waals surface area contributed by atoms with E-state index in [4.69, 9.17) is 5.73 Å². The molecule has 3 rings (SSSR count). The SMILES string of the molecule is CN1CCN(CCCN(C=O)C2CCc3ccc(N)cc3C2)CC1. The lowest BCUT2D eigenvalue weighted by Gasteiger charge is -2.35.